The molecular weight excluding hydrogens is 264 g/mol. The lowest BCUT2D eigenvalue weighted by Gasteiger charge is -2.39. The third-order valence-corrected chi connectivity index (χ3v) is 5.14. The Kier molecular flexibility index (Phi) is 3.38. The summed E-state index contributed by atoms with van der Waals surface area (Å²) in [4.78, 5) is 12.1. The average molecular weight is 283 g/mol. The van der Waals surface area contributed by atoms with Crippen LogP contribution in [0.2, 0.25) is 18.2 Å². The molecule has 98 valence electrons. The van der Waals surface area contributed by atoms with Crippen molar-refractivity contribution in [1.82, 2.24) is 15.0 Å². The maximum atomic E-state index is 6.22. The monoisotopic (exact) mass is 282 g/mol. The summed E-state index contributed by atoms with van der Waals surface area (Å²) in [5.74, 6) is 0.726. The molecule has 0 unspecified atom stereocenters. The van der Waals surface area contributed by atoms with E-state index in [0.29, 0.717) is 5.15 Å². The molecule has 0 aliphatic carbocycles. The van der Waals surface area contributed by atoms with Crippen LogP contribution in [-0.4, -0.2) is 29.4 Å². The van der Waals surface area contributed by atoms with Crippen molar-refractivity contribution in [3.63, 3.8) is 0 Å². The molecule has 0 atom stereocenters. The van der Waals surface area contributed by atoms with E-state index in [1.165, 1.54) is 0 Å². The Bertz CT molecular complexity index is 559. The summed E-state index contributed by atoms with van der Waals surface area (Å²) in [5, 5.41) is 1.39. The van der Waals surface area contributed by atoms with Crippen molar-refractivity contribution in [2.24, 2.45) is 0 Å². The van der Waals surface area contributed by atoms with Crippen LogP contribution in [0, 0.1) is 0 Å². The van der Waals surface area contributed by atoms with Gasteiger partial charge in [0.05, 0.1) is 5.39 Å². The topological polar surface area (TPSA) is 44.8 Å². The first-order chi connectivity index (χ1) is 8.30. The lowest BCUT2D eigenvalue weighted by atomic mass is 10.1. The molecular formula is C12H19ClN4Si. The third kappa shape index (κ3) is 2.37. The van der Waals surface area contributed by atoms with Crippen molar-refractivity contribution in [1.29, 1.82) is 0 Å². The van der Waals surface area contributed by atoms with E-state index >= 15 is 0 Å². The van der Waals surface area contributed by atoms with Crippen LogP contribution < -0.4 is 4.57 Å². The quantitative estimate of drug-likeness (QED) is 0.680. The van der Waals surface area contributed by atoms with Gasteiger partial charge in [-0.25, -0.2) is 4.98 Å². The molecule has 0 bridgehead atoms. The van der Waals surface area contributed by atoms with E-state index in [4.69, 9.17) is 11.6 Å². The van der Waals surface area contributed by atoms with Gasteiger partial charge in [0.25, 0.3) is 0 Å². The predicted octanol–water partition coefficient (Wildman–Crippen LogP) is 3.20. The third-order valence-electron chi connectivity index (χ3n) is 2.81. The number of anilines is 1. The molecule has 18 heavy (non-hydrogen) atoms. The van der Waals surface area contributed by atoms with Crippen molar-refractivity contribution in [3.8, 4) is 0 Å². The number of H-pyrrole nitrogens is 1. The van der Waals surface area contributed by atoms with E-state index < -0.39 is 8.96 Å². The molecule has 0 aliphatic heterocycles. The molecule has 0 spiro atoms. The van der Waals surface area contributed by atoms with Crippen LogP contribution >= 0.6 is 11.6 Å². The van der Waals surface area contributed by atoms with Gasteiger partial charge in [0, 0.05) is 11.7 Å². The van der Waals surface area contributed by atoms with Crippen molar-refractivity contribution in [2.75, 3.05) is 4.57 Å². The summed E-state index contributed by atoms with van der Waals surface area (Å²) < 4.78 is 2.30. The zero-order valence-electron chi connectivity index (χ0n) is 11.5. The molecule has 0 saturated heterocycles. The van der Waals surface area contributed by atoms with E-state index in [1.807, 2.05) is 12.3 Å². The number of aromatic amines is 1. The first kappa shape index (κ1) is 13.4. The Morgan fingerprint density at radius 3 is 2.50 bits per heavy atom. The fourth-order valence-corrected chi connectivity index (χ4v) is 4.66. The highest BCUT2D eigenvalue weighted by atomic mass is 35.5. The molecule has 0 radical (unpaired) electrons. The van der Waals surface area contributed by atoms with Crippen LogP contribution in [0.25, 0.3) is 11.0 Å². The zero-order chi connectivity index (χ0) is 13.5. The van der Waals surface area contributed by atoms with Gasteiger partial charge >= 0.3 is 0 Å². The summed E-state index contributed by atoms with van der Waals surface area (Å²) in [5.41, 5.74) is 0.804. The minimum atomic E-state index is -1.08. The minimum absolute atomic E-state index is 0.00396. The molecule has 0 fully saturated rings. The molecule has 2 aromatic heterocycles. The number of hydrogen-bond acceptors (Lipinski definition) is 3. The van der Waals surface area contributed by atoms with E-state index in [9.17, 15) is 0 Å². The Balaban J connectivity index is 2.57. The number of fused-ring (bicyclic) bond motifs is 1. The van der Waals surface area contributed by atoms with Gasteiger partial charge in [-0.2, -0.15) is 4.98 Å². The Morgan fingerprint density at radius 2 is 1.94 bits per heavy atom. The van der Waals surface area contributed by atoms with Crippen molar-refractivity contribution >= 4 is 37.5 Å². The number of nitrogens with zero attached hydrogens (tertiary/aromatic N) is 3. The highest BCUT2D eigenvalue weighted by molar-refractivity contribution is 6.60. The van der Waals surface area contributed by atoms with Crippen molar-refractivity contribution in [2.45, 2.75) is 39.4 Å². The second-order valence-corrected chi connectivity index (χ2v) is 8.75. The zero-order valence-corrected chi connectivity index (χ0v) is 13.4. The largest absolute Gasteiger partial charge is 0.366 e. The van der Waals surface area contributed by atoms with Gasteiger partial charge in [-0.1, -0.05) is 24.7 Å². The second kappa shape index (κ2) is 4.55. The van der Waals surface area contributed by atoms with Gasteiger partial charge in [0.1, 0.15) is 19.8 Å². The van der Waals surface area contributed by atoms with Crippen LogP contribution in [0.5, 0.6) is 0 Å². The smallest absolute Gasteiger partial charge is 0.220 e. The summed E-state index contributed by atoms with van der Waals surface area (Å²) >= 11 is 6.22. The molecule has 0 saturated carbocycles. The van der Waals surface area contributed by atoms with E-state index in [1.54, 1.807) is 0 Å². The number of nitrogens with one attached hydrogen (secondary N) is 1. The molecule has 0 aromatic carbocycles. The highest BCUT2D eigenvalue weighted by Crippen LogP contribution is 2.27. The lowest BCUT2D eigenvalue weighted by Crippen LogP contribution is -2.49. The Morgan fingerprint density at radius 1 is 1.28 bits per heavy atom. The van der Waals surface area contributed by atoms with Crippen LogP contribution in [-0.2, 0) is 0 Å². The van der Waals surface area contributed by atoms with E-state index in [0.717, 1.165) is 17.0 Å². The van der Waals surface area contributed by atoms with Crippen molar-refractivity contribution in [3.05, 3.63) is 17.4 Å². The van der Waals surface area contributed by atoms with Crippen LogP contribution in [0.15, 0.2) is 12.3 Å². The first-order valence-electron chi connectivity index (χ1n) is 6.10. The number of aromatic nitrogens is 3. The van der Waals surface area contributed by atoms with Gasteiger partial charge in [-0.3, -0.25) is 0 Å². The molecule has 0 amide bonds. The molecule has 2 rings (SSSR count). The minimum Gasteiger partial charge on any atom is -0.366 e. The first-order valence-corrected chi connectivity index (χ1v) is 9.31. The number of halogens is 1. The fourth-order valence-electron chi connectivity index (χ4n) is 2.31. The summed E-state index contributed by atoms with van der Waals surface area (Å²) in [7, 11) is -1.08. The Hall–Kier alpha value is -1.07. The van der Waals surface area contributed by atoms with Gasteiger partial charge in [-0.15, -0.1) is 0 Å². The van der Waals surface area contributed by atoms with Crippen molar-refractivity contribution < 1.29 is 0 Å². The summed E-state index contributed by atoms with van der Waals surface area (Å²) in [6.45, 7) is 11.1. The fraction of sp³-hybridized carbons (Fsp3) is 0.500. The standard InChI is InChI=1S/C12H19ClN4Si/c1-12(2,3)17(18(4)5)11-15-9(13)8-6-7-14-10(8)16-11/h6-7,18H,1-5H3,(H,14,15,16). The SMILES string of the molecule is C[SiH](C)N(c1nc(Cl)c2cc[nH]c2n1)C(C)(C)C. The highest BCUT2D eigenvalue weighted by Gasteiger charge is 2.27. The number of rotatable bonds is 2. The van der Waals surface area contributed by atoms with Crippen LogP contribution in [0.4, 0.5) is 5.95 Å². The second-order valence-electron chi connectivity index (χ2n) is 5.69. The summed E-state index contributed by atoms with van der Waals surface area (Å²) in [6.07, 6.45) is 1.84. The molecule has 6 heteroatoms. The van der Waals surface area contributed by atoms with E-state index in [-0.39, 0.29) is 5.54 Å². The van der Waals surface area contributed by atoms with Gasteiger partial charge in [0.2, 0.25) is 5.95 Å². The van der Waals surface area contributed by atoms with Gasteiger partial charge < -0.3 is 9.55 Å². The van der Waals surface area contributed by atoms with Gasteiger partial charge in [-0.05, 0) is 26.8 Å². The molecule has 2 aromatic rings. The molecule has 4 nitrogen and oxygen atoms in total. The molecule has 1 N–H and O–H groups in total. The maximum absolute atomic E-state index is 6.22. The van der Waals surface area contributed by atoms with Crippen LogP contribution in [0.3, 0.4) is 0 Å². The van der Waals surface area contributed by atoms with Gasteiger partial charge in [0.15, 0.2) is 0 Å². The molecule has 0 aliphatic rings. The Labute approximate surface area is 114 Å². The predicted molar refractivity (Wildman–Crippen MR) is 80.0 cm³/mol. The normalized spacial score (nSPS) is 12.4. The number of hydrogen-bond donors (Lipinski definition) is 1. The average Bonchev–Trinajstić information content (AvgIpc) is 2.62. The molecule has 2 heterocycles. The van der Waals surface area contributed by atoms with Crippen LogP contribution in [0.1, 0.15) is 20.8 Å². The maximum Gasteiger partial charge on any atom is 0.220 e. The van der Waals surface area contributed by atoms with E-state index in [2.05, 4.69) is 53.4 Å². The lowest BCUT2D eigenvalue weighted by molar-refractivity contribution is 0.568. The summed E-state index contributed by atoms with van der Waals surface area (Å²) in [6, 6.07) is 1.90.